The highest BCUT2D eigenvalue weighted by atomic mass is 16.4. The molecular weight excluding hydrogens is 232 g/mol. The van der Waals surface area contributed by atoms with E-state index in [4.69, 9.17) is 9.52 Å². The topological polar surface area (TPSA) is 76.2 Å². The lowest BCUT2D eigenvalue weighted by Gasteiger charge is -1.91. The molecule has 0 amide bonds. The van der Waals surface area contributed by atoms with Crippen LogP contribution >= 0.6 is 0 Å². The molecule has 2 aromatic heterocycles. The molecule has 0 saturated heterocycles. The van der Waals surface area contributed by atoms with Gasteiger partial charge in [-0.3, -0.25) is 4.98 Å². The Morgan fingerprint density at radius 2 is 2.17 bits per heavy atom. The Hall–Kier alpha value is -2.69. The van der Waals surface area contributed by atoms with Crippen molar-refractivity contribution in [2.24, 2.45) is 0 Å². The Labute approximate surface area is 102 Å². The lowest BCUT2D eigenvalue weighted by molar-refractivity contribution is 0.0697. The van der Waals surface area contributed by atoms with Crippen molar-refractivity contribution in [1.82, 2.24) is 9.97 Å². The lowest BCUT2D eigenvalue weighted by atomic mass is 10.2. The van der Waals surface area contributed by atoms with Crippen LogP contribution in [0.1, 0.15) is 10.4 Å². The van der Waals surface area contributed by atoms with Crippen LogP contribution in [0, 0.1) is 0 Å². The Morgan fingerprint density at radius 1 is 1.28 bits per heavy atom. The summed E-state index contributed by atoms with van der Waals surface area (Å²) in [6.45, 7) is 0. The van der Waals surface area contributed by atoms with Gasteiger partial charge in [-0.25, -0.2) is 9.78 Å². The van der Waals surface area contributed by atoms with Crippen molar-refractivity contribution in [3.63, 3.8) is 0 Å². The second kappa shape index (κ2) is 3.96. The van der Waals surface area contributed by atoms with E-state index in [0.717, 1.165) is 5.56 Å². The maximum absolute atomic E-state index is 10.9. The lowest BCUT2D eigenvalue weighted by Crippen LogP contribution is -1.94. The van der Waals surface area contributed by atoms with E-state index >= 15 is 0 Å². The van der Waals surface area contributed by atoms with Crippen molar-refractivity contribution in [3.8, 4) is 11.5 Å². The third kappa shape index (κ3) is 1.71. The molecule has 0 aliphatic carbocycles. The average molecular weight is 240 g/mol. The van der Waals surface area contributed by atoms with Gasteiger partial charge in [0, 0.05) is 12.4 Å². The Morgan fingerprint density at radius 3 is 2.89 bits per heavy atom. The minimum atomic E-state index is -0.983. The Kier molecular flexibility index (Phi) is 2.30. The van der Waals surface area contributed by atoms with Crippen LogP contribution in [-0.2, 0) is 0 Å². The molecule has 18 heavy (non-hydrogen) atoms. The van der Waals surface area contributed by atoms with Crippen LogP contribution in [-0.4, -0.2) is 21.0 Å². The number of pyridine rings is 1. The first-order chi connectivity index (χ1) is 8.74. The number of fused-ring (bicyclic) bond motifs is 1. The van der Waals surface area contributed by atoms with Gasteiger partial charge in [-0.05, 0) is 30.3 Å². The van der Waals surface area contributed by atoms with Crippen LogP contribution < -0.4 is 0 Å². The van der Waals surface area contributed by atoms with E-state index in [1.807, 2.05) is 6.07 Å². The van der Waals surface area contributed by atoms with Crippen LogP contribution in [0.3, 0.4) is 0 Å². The second-order valence-electron chi connectivity index (χ2n) is 3.75. The molecule has 0 spiro atoms. The van der Waals surface area contributed by atoms with Crippen molar-refractivity contribution in [2.75, 3.05) is 0 Å². The van der Waals surface area contributed by atoms with Gasteiger partial charge in [-0.2, -0.15) is 0 Å². The molecule has 0 aliphatic rings. The summed E-state index contributed by atoms with van der Waals surface area (Å²) >= 11 is 0. The third-order valence-corrected chi connectivity index (χ3v) is 2.54. The minimum absolute atomic E-state index is 0.188. The van der Waals surface area contributed by atoms with Gasteiger partial charge in [0.15, 0.2) is 5.58 Å². The summed E-state index contributed by atoms with van der Waals surface area (Å²) in [6, 6.07) is 8.19. The first-order valence-electron chi connectivity index (χ1n) is 5.28. The van der Waals surface area contributed by atoms with Crippen molar-refractivity contribution in [2.45, 2.75) is 0 Å². The molecule has 0 fully saturated rings. The van der Waals surface area contributed by atoms with Crippen LogP contribution in [0.4, 0.5) is 0 Å². The van der Waals surface area contributed by atoms with E-state index < -0.39 is 5.97 Å². The maximum atomic E-state index is 10.9. The van der Waals surface area contributed by atoms with Gasteiger partial charge in [0.2, 0.25) is 5.89 Å². The zero-order valence-electron chi connectivity index (χ0n) is 9.20. The fraction of sp³-hybridized carbons (Fsp3) is 0. The summed E-state index contributed by atoms with van der Waals surface area (Å²) in [5, 5.41) is 8.90. The Balaban J connectivity index is 2.14. The zero-order valence-corrected chi connectivity index (χ0v) is 9.20. The predicted molar refractivity (Wildman–Crippen MR) is 64.2 cm³/mol. The molecule has 5 heteroatoms. The molecule has 5 nitrogen and oxygen atoms in total. The number of carboxylic acids is 1. The molecule has 0 unspecified atom stereocenters. The highest BCUT2D eigenvalue weighted by molar-refractivity contribution is 5.92. The number of benzene rings is 1. The number of aromatic carboxylic acids is 1. The van der Waals surface area contributed by atoms with E-state index in [1.54, 1.807) is 24.5 Å². The molecule has 3 rings (SSSR count). The largest absolute Gasteiger partial charge is 0.478 e. The molecule has 3 aromatic rings. The fourth-order valence-corrected chi connectivity index (χ4v) is 1.67. The average Bonchev–Trinajstić information content (AvgIpc) is 2.82. The number of nitrogens with zero attached hydrogens (tertiary/aromatic N) is 2. The molecule has 1 N–H and O–H groups in total. The van der Waals surface area contributed by atoms with E-state index in [1.165, 1.54) is 12.1 Å². The highest BCUT2D eigenvalue weighted by Crippen LogP contribution is 2.24. The first-order valence-corrected chi connectivity index (χ1v) is 5.28. The molecule has 2 heterocycles. The van der Waals surface area contributed by atoms with Crippen LogP contribution in [0.5, 0.6) is 0 Å². The molecule has 0 bridgehead atoms. The quantitative estimate of drug-likeness (QED) is 0.745. The minimum Gasteiger partial charge on any atom is -0.478 e. The maximum Gasteiger partial charge on any atom is 0.335 e. The van der Waals surface area contributed by atoms with Gasteiger partial charge in [0.1, 0.15) is 5.52 Å². The van der Waals surface area contributed by atoms with Crippen LogP contribution in [0.25, 0.3) is 22.6 Å². The normalized spacial score (nSPS) is 10.7. The number of rotatable bonds is 2. The number of aromatic nitrogens is 2. The standard InChI is InChI=1S/C13H8N2O3/c16-13(17)8-3-4-11-10(6-8)15-12(18-11)9-2-1-5-14-7-9/h1-7H,(H,16,17). The van der Waals surface area contributed by atoms with Crippen molar-refractivity contribution in [3.05, 3.63) is 48.3 Å². The Bertz CT molecular complexity index is 719. The molecule has 0 radical (unpaired) electrons. The summed E-state index contributed by atoms with van der Waals surface area (Å²) in [5.74, 6) is -0.552. The van der Waals surface area contributed by atoms with Crippen molar-refractivity contribution in [1.29, 1.82) is 0 Å². The van der Waals surface area contributed by atoms with Crippen LogP contribution in [0.15, 0.2) is 47.1 Å². The number of carboxylic acid groups (broad SMARTS) is 1. The second-order valence-corrected chi connectivity index (χ2v) is 3.75. The SMILES string of the molecule is O=C(O)c1ccc2oc(-c3cccnc3)nc2c1. The number of hydrogen-bond acceptors (Lipinski definition) is 4. The van der Waals surface area contributed by atoms with Gasteiger partial charge < -0.3 is 9.52 Å². The summed E-state index contributed by atoms with van der Waals surface area (Å²) in [4.78, 5) is 19.1. The van der Waals surface area contributed by atoms with Crippen LogP contribution in [0.2, 0.25) is 0 Å². The zero-order chi connectivity index (χ0) is 12.5. The number of carbonyl (C=O) groups is 1. The molecular formula is C13H8N2O3. The number of hydrogen-bond donors (Lipinski definition) is 1. The first kappa shape index (κ1) is 10.5. The third-order valence-electron chi connectivity index (χ3n) is 2.54. The molecule has 88 valence electrons. The van der Waals surface area contributed by atoms with Gasteiger partial charge in [0.05, 0.1) is 11.1 Å². The summed E-state index contributed by atoms with van der Waals surface area (Å²) in [5.41, 5.74) is 2.02. The molecule has 0 saturated carbocycles. The van der Waals surface area contributed by atoms with Crippen molar-refractivity contribution < 1.29 is 14.3 Å². The highest BCUT2D eigenvalue weighted by Gasteiger charge is 2.10. The monoisotopic (exact) mass is 240 g/mol. The molecule has 1 aromatic carbocycles. The van der Waals surface area contributed by atoms with Gasteiger partial charge >= 0.3 is 5.97 Å². The van der Waals surface area contributed by atoms with E-state index in [9.17, 15) is 4.79 Å². The summed E-state index contributed by atoms with van der Waals surface area (Å²) < 4.78 is 5.54. The number of oxazole rings is 1. The van der Waals surface area contributed by atoms with E-state index in [-0.39, 0.29) is 5.56 Å². The van der Waals surface area contributed by atoms with E-state index in [2.05, 4.69) is 9.97 Å². The summed E-state index contributed by atoms with van der Waals surface area (Å²) in [6.07, 6.45) is 3.30. The van der Waals surface area contributed by atoms with Crippen molar-refractivity contribution >= 4 is 17.1 Å². The van der Waals surface area contributed by atoms with E-state index in [0.29, 0.717) is 17.0 Å². The fourth-order valence-electron chi connectivity index (χ4n) is 1.67. The van der Waals surface area contributed by atoms with Gasteiger partial charge in [-0.15, -0.1) is 0 Å². The molecule has 0 atom stereocenters. The smallest absolute Gasteiger partial charge is 0.335 e. The predicted octanol–water partition coefficient (Wildman–Crippen LogP) is 2.59. The van der Waals surface area contributed by atoms with Gasteiger partial charge in [-0.1, -0.05) is 0 Å². The summed E-state index contributed by atoms with van der Waals surface area (Å²) in [7, 11) is 0. The molecule has 0 aliphatic heterocycles. The van der Waals surface area contributed by atoms with Gasteiger partial charge in [0.25, 0.3) is 0 Å².